The summed E-state index contributed by atoms with van der Waals surface area (Å²) in [4.78, 5) is 26.2. The summed E-state index contributed by atoms with van der Waals surface area (Å²) < 4.78 is 30.8. The molecule has 36 heavy (non-hydrogen) atoms. The van der Waals surface area contributed by atoms with Gasteiger partial charge in [-0.15, -0.1) is 0 Å². The molecule has 0 spiro atoms. The molecule has 2 heterocycles. The molecule has 186 valence electrons. The standard InChI is InChI=1S/C26H24ClN3O4S2/c27-21-9-7-20(8-10-21)17-30-23-12-11-22(14-24(23)35-26(30)32)36(33,34)28-15-18-3-5-19(6-4-18)16-29-13-1-2-25(29)31/h3-12,14,28H,1-2,13,15-17H2. The number of nitrogens with one attached hydrogen (secondary N) is 1. The first-order valence-electron chi connectivity index (χ1n) is 11.5. The zero-order valence-corrected chi connectivity index (χ0v) is 21.7. The predicted molar refractivity (Wildman–Crippen MR) is 142 cm³/mol. The van der Waals surface area contributed by atoms with Crippen LogP contribution >= 0.6 is 22.9 Å². The number of fused-ring (bicyclic) bond motifs is 1. The van der Waals surface area contributed by atoms with E-state index >= 15 is 0 Å². The molecule has 1 N–H and O–H groups in total. The first-order chi connectivity index (χ1) is 17.3. The molecule has 1 fully saturated rings. The van der Waals surface area contributed by atoms with Crippen LogP contribution in [0.5, 0.6) is 0 Å². The molecule has 3 aromatic carbocycles. The molecule has 0 aliphatic carbocycles. The van der Waals surface area contributed by atoms with Gasteiger partial charge in [-0.1, -0.05) is 59.3 Å². The minimum Gasteiger partial charge on any atom is -0.338 e. The van der Waals surface area contributed by atoms with Crippen LogP contribution in [-0.2, 0) is 34.5 Å². The maximum absolute atomic E-state index is 12.9. The number of hydrogen-bond acceptors (Lipinski definition) is 5. The molecule has 1 amide bonds. The third-order valence-electron chi connectivity index (χ3n) is 6.24. The van der Waals surface area contributed by atoms with Gasteiger partial charge < -0.3 is 4.90 Å². The maximum atomic E-state index is 12.9. The highest BCUT2D eigenvalue weighted by atomic mass is 35.5. The Hall–Kier alpha value is -2.98. The minimum absolute atomic E-state index is 0.110. The highest BCUT2D eigenvalue weighted by Gasteiger charge is 2.20. The Kier molecular flexibility index (Phi) is 6.98. The summed E-state index contributed by atoms with van der Waals surface area (Å²) in [6.45, 7) is 1.87. The Labute approximate surface area is 218 Å². The number of halogens is 1. The lowest BCUT2D eigenvalue weighted by Gasteiger charge is -2.15. The van der Waals surface area contributed by atoms with Crippen molar-refractivity contribution in [3.63, 3.8) is 0 Å². The van der Waals surface area contributed by atoms with Crippen molar-refractivity contribution in [1.82, 2.24) is 14.2 Å². The Balaban J connectivity index is 1.27. The van der Waals surface area contributed by atoms with Gasteiger partial charge in [0.05, 0.1) is 21.7 Å². The van der Waals surface area contributed by atoms with Gasteiger partial charge >= 0.3 is 4.87 Å². The van der Waals surface area contributed by atoms with Gasteiger partial charge in [-0.05, 0) is 53.4 Å². The van der Waals surface area contributed by atoms with Crippen LogP contribution in [0.4, 0.5) is 0 Å². The van der Waals surface area contributed by atoms with Crippen LogP contribution in [0.3, 0.4) is 0 Å². The van der Waals surface area contributed by atoms with Crippen LogP contribution in [0, 0.1) is 0 Å². The van der Waals surface area contributed by atoms with Crippen molar-refractivity contribution in [3.05, 3.63) is 98.1 Å². The van der Waals surface area contributed by atoms with E-state index in [9.17, 15) is 18.0 Å². The summed E-state index contributed by atoms with van der Waals surface area (Å²) >= 11 is 6.97. The van der Waals surface area contributed by atoms with Gasteiger partial charge in [-0.25, -0.2) is 13.1 Å². The van der Waals surface area contributed by atoms with Crippen molar-refractivity contribution < 1.29 is 13.2 Å². The number of aromatic nitrogens is 1. The molecule has 0 unspecified atom stereocenters. The van der Waals surface area contributed by atoms with E-state index in [4.69, 9.17) is 11.6 Å². The molecule has 1 aromatic heterocycles. The number of rotatable bonds is 8. The van der Waals surface area contributed by atoms with Gasteiger partial charge in [0.2, 0.25) is 15.9 Å². The van der Waals surface area contributed by atoms with Gasteiger partial charge in [-0.3, -0.25) is 14.2 Å². The molecule has 7 nitrogen and oxygen atoms in total. The van der Waals surface area contributed by atoms with E-state index in [0.29, 0.717) is 34.7 Å². The highest BCUT2D eigenvalue weighted by molar-refractivity contribution is 7.89. The predicted octanol–water partition coefficient (Wildman–Crippen LogP) is 4.37. The van der Waals surface area contributed by atoms with Gasteiger partial charge in [-0.2, -0.15) is 0 Å². The topological polar surface area (TPSA) is 88.5 Å². The SMILES string of the molecule is O=C1CCCN1Cc1ccc(CNS(=O)(=O)c2ccc3c(c2)sc(=O)n3Cc2ccc(Cl)cc2)cc1. The number of amides is 1. The van der Waals surface area contributed by atoms with Crippen molar-refractivity contribution in [3.8, 4) is 0 Å². The molecule has 4 aromatic rings. The van der Waals surface area contributed by atoms with Gasteiger partial charge in [0.25, 0.3) is 0 Å². The summed E-state index contributed by atoms with van der Waals surface area (Å²) in [7, 11) is -3.78. The first kappa shape index (κ1) is 24.7. The zero-order valence-electron chi connectivity index (χ0n) is 19.3. The second-order valence-corrected chi connectivity index (χ2v) is 12.0. The Bertz CT molecular complexity index is 1580. The third-order valence-corrected chi connectivity index (χ3v) is 8.83. The van der Waals surface area contributed by atoms with Crippen LogP contribution in [0.15, 0.2) is 76.4 Å². The molecule has 0 atom stereocenters. The van der Waals surface area contributed by atoms with Crippen molar-refractivity contribution in [1.29, 1.82) is 0 Å². The van der Waals surface area contributed by atoms with Crippen LogP contribution in [0.25, 0.3) is 10.2 Å². The summed E-state index contributed by atoms with van der Waals surface area (Å²) in [6, 6.07) is 19.6. The van der Waals surface area contributed by atoms with E-state index < -0.39 is 10.0 Å². The number of sulfonamides is 1. The van der Waals surface area contributed by atoms with E-state index in [0.717, 1.165) is 41.0 Å². The first-order valence-corrected chi connectivity index (χ1v) is 14.2. The fourth-order valence-electron chi connectivity index (χ4n) is 4.25. The Morgan fingerprint density at radius 1 is 0.889 bits per heavy atom. The fraction of sp³-hybridized carbons (Fsp3) is 0.231. The zero-order chi connectivity index (χ0) is 25.3. The molecule has 0 saturated carbocycles. The third kappa shape index (κ3) is 5.39. The summed E-state index contributed by atoms with van der Waals surface area (Å²) in [5, 5.41) is 0.623. The second kappa shape index (κ2) is 10.2. The largest absolute Gasteiger partial charge is 0.338 e. The van der Waals surface area contributed by atoms with Gasteiger partial charge in [0.15, 0.2) is 0 Å². The normalized spacial score (nSPS) is 14.1. The smallest absolute Gasteiger partial charge is 0.308 e. The quantitative estimate of drug-likeness (QED) is 0.359. The molecule has 1 aliphatic heterocycles. The van der Waals surface area contributed by atoms with E-state index in [-0.39, 0.29) is 22.2 Å². The number of nitrogens with zero attached hydrogens (tertiary/aromatic N) is 2. The Morgan fingerprint density at radius 2 is 1.56 bits per heavy atom. The molecular weight excluding hydrogens is 518 g/mol. The lowest BCUT2D eigenvalue weighted by atomic mass is 10.1. The summed E-state index contributed by atoms with van der Waals surface area (Å²) in [5.74, 6) is 0.175. The average Bonchev–Trinajstić information content (AvgIpc) is 3.41. The van der Waals surface area contributed by atoms with E-state index in [1.165, 1.54) is 12.1 Å². The lowest BCUT2D eigenvalue weighted by molar-refractivity contribution is -0.128. The number of carbonyl (C=O) groups is 1. The molecule has 0 radical (unpaired) electrons. The van der Waals surface area contributed by atoms with Crippen molar-refractivity contribution in [2.75, 3.05) is 6.54 Å². The molecule has 5 rings (SSSR count). The Morgan fingerprint density at radius 3 is 2.25 bits per heavy atom. The maximum Gasteiger partial charge on any atom is 0.308 e. The van der Waals surface area contributed by atoms with Crippen LogP contribution in [0.1, 0.15) is 29.5 Å². The van der Waals surface area contributed by atoms with Gasteiger partial charge in [0, 0.05) is 31.1 Å². The number of likely N-dealkylation sites (tertiary alicyclic amines) is 1. The van der Waals surface area contributed by atoms with Crippen molar-refractivity contribution in [2.24, 2.45) is 0 Å². The number of thiazole rings is 1. The molecule has 0 bridgehead atoms. The molecular formula is C26H24ClN3O4S2. The number of carbonyl (C=O) groups excluding carboxylic acids is 1. The van der Waals surface area contributed by atoms with Crippen LogP contribution < -0.4 is 9.60 Å². The van der Waals surface area contributed by atoms with Crippen LogP contribution in [0.2, 0.25) is 5.02 Å². The highest BCUT2D eigenvalue weighted by Crippen LogP contribution is 2.23. The lowest BCUT2D eigenvalue weighted by Crippen LogP contribution is -2.24. The monoisotopic (exact) mass is 541 g/mol. The summed E-state index contributed by atoms with van der Waals surface area (Å²) in [6.07, 6.45) is 1.50. The van der Waals surface area contributed by atoms with E-state index in [1.807, 2.05) is 41.3 Å². The molecule has 1 saturated heterocycles. The molecule has 10 heteroatoms. The average molecular weight is 542 g/mol. The second-order valence-electron chi connectivity index (χ2n) is 8.77. The minimum atomic E-state index is -3.78. The van der Waals surface area contributed by atoms with E-state index in [1.54, 1.807) is 22.8 Å². The fourth-order valence-corrected chi connectivity index (χ4v) is 6.43. The summed E-state index contributed by atoms with van der Waals surface area (Å²) in [5.41, 5.74) is 3.44. The number of hydrogen-bond donors (Lipinski definition) is 1. The van der Waals surface area contributed by atoms with Crippen LogP contribution in [-0.4, -0.2) is 30.3 Å². The van der Waals surface area contributed by atoms with E-state index in [2.05, 4.69) is 4.72 Å². The number of benzene rings is 3. The van der Waals surface area contributed by atoms with Crippen molar-refractivity contribution in [2.45, 2.75) is 37.4 Å². The van der Waals surface area contributed by atoms with Crippen molar-refractivity contribution >= 4 is 49.1 Å². The molecule has 1 aliphatic rings. The van der Waals surface area contributed by atoms with Gasteiger partial charge in [0.1, 0.15) is 0 Å².